The predicted molar refractivity (Wildman–Crippen MR) is 137 cm³/mol. The number of halogens is 2. The number of nitrogens with one attached hydrogen (secondary N) is 3. The van der Waals surface area contributed by atoms with Gasteiger partial charge in [0.15, 0.2) is 5.96 Å². The Morgan fingerprint density at radius 1 is 1.03 bits per heavy atom. The molecule has 0 unspecified atom stereocenters. The van der Waals surface area contributed by atoms with Gasteiger partial charge in [-0.1, -0.05) is 29.8 Å². The van der Waals surface area contributed by atoms with Crippen molar-refractivity contribution in [3.63, 3.8) is 0 Å². The first kappa shape index (κ1) is 26.3. The van der Waals surface area contributed by atoms with E-state index >= 15 is 0 Å². The van der Waals surface area contributed by atoms with E-state index in [1.54, 1.807) is 14.2 Å². The van der Waals surface area contributed by atoms with Gasteiger partial charge in [-0.05, 0) is 48.7 Å². The summed E-state index contributed by atoms with van der Waals surface area (Å²) in [4.78, 5) is 4.67. The first-order valence-corrected chi connectivity index (χ1v) is 10.2. The van der Waals surface area contributed by atoms with Gasteiger partial charge in [0.05, 0.1) is 20.3 Å². The van der Waals surface area contributed by atoms with Crippen LogP contribution in [0, 0.1) is 0 Å². The van der Waals surface area contributed by atoms with Gasteiger partial charge >= 0.3 is 0 Å². The first-order chi connectivity index (χ1) is 14.2. The number of benzene rings is 2. The molecule has 0 fully saturated rings. The number of hydrogen-bond donors (Lipinski definition) is 3. The van der Waals surface area contributed by atoms with Crippen molar-refractivity contribution in [3.8, 4) is 5.75 Å². The highest BCUT2D eigenvalue weighted by Crippen LogP contribution is 2.22. The Labute approximate surface area is 201 Å². The van der Waals surface area contributed by atoms with Crippen LogP contribution in [0.1, 0.15) is 18.1 Å². The topological polar surface area (TPSA) is 66.9 Å². The molecule has 2 aromatic rings. The van der Waals surface area contributed by atoms with Crippen LogP contribution < -0.4 is 20.7 Å². The van der Waals surface area contributed by atoms with E-state index in [0.29, 0.717) is 18.2 Å². The molecule has 2 aromatic carbocycles. The molecule has 0 heterocycles. The van der Waals surface area contributed by atoms with Crippen molar-refractivity contribution >= 4 is 47.2 Å². The minimum Gasteiger partial charge on any atom is -0.497 e. The number of anilines is 1. The van der Waals surface area contributed by atoms with Crippen LogP contribution in [0.25, 0.3) is 0 Å². The lowest BCUT2D eigenvalue weighted by atomic mass is 10.1. The Kier molecular flexibility index (Phi) is 13.3. The third kappa shape index (κ3) is 9.40. The van der Waals surface area contributed by atoms with E-state index in [4.69, 9.17) is 21.1 Å². The second-order valence-electron chi connectivity index (χ2n) is 6.45. The van der Waals surface area contributed by atoms with Crippen molar-refractivity contribution in [1.82, 2.24) is 10.6 Å². The van der Waals surface area contributed by atoms with Gasteiger partial charge in [-0.2, -0.15) is 0 Å². The molecule has 0 atom stereocenters. The van der Waals surface area contributed by atoms with Crippen LogP contribution in [0.5, 0.6) is 5.75 Å². The van der Waals surface area contributed by atoms with Crippen molar-refractivity contribution in [2.75, 3.05) is 45.8 Å². The zero-order valence-electron chi connectivity index (χ0n) is 17.8. The Morgan fingerprint density at radius 2 is 1.80 bits per heavy atom. The fraction of sp³-hybridized carbons (Fsp3) is 0.409. The molecule has 3 N–H and O–H groups in total. The molecule has 0 saturated heterocycles. The third-order valence-corrected chi connectivity index (χ3v) is 4.65. The van der Waals surface area contributed by atoms with Crippen LogP contribution in [-0.2, 0) is 17.7 Å². The molecule has 30 heavy (non-hydrogen) atoms. The van der Waals surface area contributed by atoms with Gasteiger partial charge < -0.3 is 25.4 Å². The smallest absolute Gasteiger partial charge is 0.191 e. The highest BCUT2D eigenvalue weighted by Gasteiger charge is 2.04. The van der Waals surface area contributed by atoms with Crippen LogP contribution in [0.15, 0.2) is 47.5 Å². The van der Waals surface area contributed by atoms with Crippen molar-refractivity contribution < 1.29 is 9.47 Å². The molecular weight excluding hydrogens is 515 g/mol. The number of rotatable bonds is 11. The van der Waals surface area contributed by atoms with Crippen LogP contribution in [0.4, 0.5) is 5.69 Å². The molecule has 0 radical (unpaired) electrons. The average Bonchev–Trinajstić information content (AvgIpc) is 2.74. The summed E-state index contributed by atoms with van der Waals surface area (Å²) in [6, 6.07) is 14.0. The van der Waals surface area contributed by atoms with E-state index < -0.39 is 0 Å². The van der Waals surface area contributed by atoms with E-state index in [0.717, 1.165) is 54.6 Å². The molecule has 166 valence electrons. The zero-order chi connectivity index (χ0) is 20.9. The number of guanidine groups is 1. The molecule has 2 rings (SSSR count). The Hall–Kier alpha value is -1.71. The molecule has 0 bridgehead atoms. The second-order valence-corrected chi connectivity index (χ2v) is 6.85. The quantitative estimate of drug-likeness (QED) is 0.170. The number of methoxy groups -OCH3 is 2. The fourth-order valence-corrected chi connectivity index (χ4v) is 2.98. The molecule has 0 amide bonds. The van der Waals surface area contributed by atoms with E-state index in [1.165, 1.54) is 0 Å². The van der Waals surface area contributed by atoms with Gasteiger partial charge in [0, 0.05) is 37.5 Å². The molecule has 0 aromatic heterocycles. The Morgan fingerprint density at radius 3 is 2.43 bits per heavy atom. The minimum atomic E-state index is 0. The maximum atomic E-state index is 6.31. The van der Waals surface area contributed by atoms with Gasteiger partial charge in [-0.15, -0.1) is 24.0 Å². The molecule has 0 aliphatic heterocycles. The number of nitrogens with zero attached hydrogens (tertiary/aromatic N) is 1. The molecule has 0 saturated carbocycles. The van der Waals surface area contributed by atoms with Crippen LogP contribution in [0.3, 0.4) is 0 Å². The summed E-state index contributed by atoms with van der Waals surface area (Å²) in [5.74, 6) is 1.56. The lowest BCUT2D eigenvalue weighted by Crippen LogP contribution is -2.38. The van der Waals surface area contributed by atoms with E-state index in [1.807, 2.05) is 18.2 Å². The molecule has 0 spiro atoms. The Bertz CT molecular complexity index is 772. The van der Waals surface area contributed by atoms with Crippen molar-refractivity contribution in [2.45, 2.75) is 19.9 Å². The predicted octanol–water partition coefficient (Wildman–Crippen LogP) is 4.32. The largest absolute Gasteiger partial charge is 0.497 e. The zero-order valence-corrected chi connectivity index (χ0v) is 20.9. The number of aliphatic imine (C=N–C) groups is 1. The lowest BCUT2D eigenvalue weighted by molar-refractivity contribution is 0.211. The lowest BCUT2D eigenvalue weighted by Gasteiger charge is -2.12. The summed E-state index contributed by atoms with van der Waals surface area (Å²) in [5, 5.41) is 10.7. The second kappa shape index (κ2) is 15.1. The number of ether oxygens (including phenoxy) is 2. The summed E-state index contributed by atoms with van der Waals surface area (Å²) >= 11 is 6.31. The third-order valence-electron chi connectivity index (χ3n) is 4.30. The summed E-state index contributed by atoms with van der Waals surface area (Å²) in [7, 11) is 3.34. The minimum absolute atomic E-state index is 0. The fourth-order valence-electron chi connectivity index (χ4n) is 2.71. The van der Waals surface area contributed by atoms with Crippen molar-refractivity contribution in [1.29, 1.82) is 0 Å². The maximum Gasteiger partial charge on any atom is 0.191 e. The van der Waals surface area contributed by atoms with E-state index in [-0.39, 0.29) is 24.0 Å². The van der Waals surface area contributed by atoms with Crippen LogP contribution in [-0.4, -0.2) is 46.4 Å². The maximum absolute atomic E-state index is 6.31. The summed E-state index contributed by atoms with van der Waals surface area (Å²) in [6.45, 7) is 5.68. The SMILES string of the molecule is CCNC(=NCc1ccc(NCCOC)cc1)NCCc1ccc(OC)cc1Cl.I. The standard InChI is InChI=1S/C22H31ClN4O2.HI/c1-4-24-22(26-12-11-18-7-10-20(29-3)15-21(18)23)27-16-17-5-8-19(9-6-17)25-13-14-28-2;/h5-10,15,25H,4,11-14,16H2,1-3H3,(H2,24,26,27);1H. The van der Waals surface area contributed by atoms with E-state index in [2.05, 4.69) is 52.1 Å². The molecule has 8 heteroatoms. The molecule has 0 aliphatic rings. The Balaban J connectivity index is 0.00000450. The number of hydrogen-bond acceptors (Lipinski definition) is 4. The van der Waals surface area contributed by atoms with Gasteiger partial charge in [0.25, 0.3) is 0 Å². The highest BCUT2D eigenvalue weighted by atomic mass is 127. The van der Waals surface area contributed by atoms with Crippen LogP contribution in [0.2, 0.25) is 5.02 Å². The summed E-state index contributed by atoms with van der Waals surface area (Å²) in [5.41, 5.74) is 3.31. The summed E-state index contributed by atoms with van der Waals surface area (Å²) < 4.78 is 10.2. The average molecular weight is 547 g/mol. The first-order valence-electron chi connectivity index (χ1n) is 9.82. The van der Waals surface area contributed by atoms with Gasteiger partial charge in [-0.3, -0.25) is 0 Å². The van der Waals surface area contributed by atoms with Gasteiger partial charge in [0.1, 0.15) is 5.75 Å². The molecular formula is C22H32ClIN4O2. The van der Waals surface area contributed by atoms with Crippen LogP contribution >= 0.6 is 35.6 Å². The van der Waals surface area contributed by atoms with Crippen molar-refractivity contribution in [3.05, 3.63) is 58.6 Å². The van der Waals surface area contributed by atoms with Gasteiger partial charge in [-0.25, -0.2) is 4.99 Å². The monoisotopic (exact) mass is 546 g/mol. The summed E-state index contributed by atoms with van der Waals surface area (Å²) in [6.07, 6.45) is 0.801. The van der Waals surface area contributed by atoms with E-state index in [9.17, 15) is 0 Å². The molecule has 6 nitrogen and oxygen atoms in total. The van der Waals surface area contributed by atoms with Crippen molar-refractivity contribution in [2.24, 2.45) is 4.99 Å². The normalized spacial score (nSPS) is 10.9. The highest BCUT2D eigenvalue weighted by molar-refractivity contribution is 14.0. The molecule has 0 aliphatic carbocycles. The van der Waals surface area contributed by atoms with Gasteiger partial charge in [0.2, 0.25) is 0 Å².